The van der Waals surface area contributed by atoms with Crippen molar-refractivity contribution in [2.75, 3.05) is 11.1 Å². The van der Waals surface area contributed by atoms with E-state index in [-0.39, 0.29) is 0 Å². The lowest BCUT2D eigenvalue weighted by Crippen LogP contribution is -1.96. The molecule has 0 atom stereocenters. The standard InChI is InChI=1S/C15H11F2N3/c16-13-4-3-11(8-14(13)17)20-15-12-7-10(18)2-1-9(12)5-6-19-15/h1-8H,18H2,(H,19,20). The second-order valence-corrected chi connectivity index (χ2v) is 4.39. The molecule has 100 valence electrons. The van der Waals surface area contributed by atoms with Gasteiger partial charge in [0.2, 0.25) is 0 Å². The number of nitrogens with one attached hydrogen (secondary N) is 1. The first-order valence-corrected chi connectivity index (χ1v) is 6.00. The van der Waals surface area contributed by atoms with Crippen LogP contribution in [0.3, 0.4) is 0 Å². The Morgan fingerprint density at radius 2 is 1.80 bits per heavy atom. The van der Waals surface area contributed by atoms with Gasteiger partial charge >= 0.3 is 0 Å². The van der Waals surface area contributed by atoms with Crippen LogP contribution < -0.4 is 11.1 Å². The van der Waals surface area contributed by atoms with E-state index < -0.39 is 11.6 Å². The number of rotatable bonds is 2. The molecule has 0 aliphatic carbocycles. The Morgan fingerprint density at radius 3 is 2.60 bits per heavy atom. The van der Waals surface area contributed by atoms with Gasteiger partial charge in [-0.1, -0.05) is 6.07 Å². The zero-order chi connectivity index (χ0) is 14.1. The van der Waals surface area contributed by atoms with E-state index in [9.17, 15) is 8.78 Å². The van der Waals surface area contributed by atoms with Gasteiger partial charge in [-0.05, 0) is 35.7 Å². The minimum absolute atomic E-state index is 0.423. The van der Waals surface area contributed by atoms with Crippen LogP contribution in [0.1, 0.15) is 0 Å². The Morgan fingerprint density at radius 1 is 0.950 bits per heavy atom. The van der Waals surface area contributed by atoms with Gasteiger partial charge in [0, 0.05) is 29.0 Å². The van der Waals surface area contributed by atoms with E-state index in [1.807, 2.05) is 12.1 Å². The van der Waals surface area contributed by atoms with Crippen LogP contribution in [0.25, 0.3) is 10.8 Å². The molecular weight excluding hydrogens is 260 g/mol. The van der Waals surface area contributed by atoms with Crippen LogP contribution in [0.2, 0.25) is 0 Å². The summed E-state index contributed by atoms with van der Waals surface area (Å²) < 4.78 is 26.1. The topological polar surface area (TPSA) is 50.9 Å². The van der Waals surface area contributed by atoms with Crippen molar-refractivity contribution in [2.45, 2.75) is 0 Å². The van der Waals surface area contributed by atoms with E-state index in [4.69, 9.17) is 5.73 Å². The first-order valence-electron chi connectivity index (χ1n) is 6.00. The number of pyridine rings is 1. The second kappa shape index (κ2) is 4.77. The highest BCUT2D eigenvalue weighted by Gasteiger charge is 2.06. The van der Waals surface area contributed by atoms with Crippen molar-refractivity contribution < 1.29 is 8.78 Å². The second-order valence-electron chi connectivity index (χ2n) is 4.39. The van der Waals surface area contributed by atoms with Gasteiger partial charge in [-0.25, -0.2) is 13.8 Å². The third-order valence-electron chi connectivity index (χ3n) is 2.97. The van der Waals surface area contributed by atoms with Crippen molar-refractivity contribution in [1.82, 2.24) is 4.98 Å². The number of hydrogen-bond acceptors (Lipinski definition) is 3. The van der Waals surface area contributed by atoms with E-state index in [2.05, 4.69) is 10.3 Å². The molecule has 0 radical (unpaired) electrons. The van der Waals surface area contributed by atoms with Gasteiger partial charge in [0.1, 0.15) is 5.82 Å². The number of aromatic nitrogens is 1. The van der Waals surface area contributed by atoms with Crippen molar-refractivity contribution >= 4 is 28.0 Å². The maximum Gasteiger partial charge on any atom is 0.160 e. The molecular formula is C15H11F2N3. The number of fused-ring (bicyclic) bond motifs is 1. The number of halogens is 2. The van der Waals surface area contributed by atoms with E-state index in [0.717, 1.165) is 22.9 Å². The van der Waals surface area contributed by atoms with Crippen LogP contribution in [0.15, 0.2) is 48.7 Å². The van der Waals surface area contributed by atoms with E-state index >= 15 is 0 Å². The zero-order valence-electron chi connectivity index (χ0n) is 10.4. The molecule has 0 bridgehead atoms. The molecule has 0 saturated carbocycles. The van der Waals surface area contributed by atoms with Crippen LogP contribution in [0.4, 0.5) is 26.0 Å². The van der Waals surface area contributed by atoms with Crippen LogP contribution in [-0.2, 0) is 0 Å². The Hall–Kier alpha value is -2.69. The molecule has 20 heavy (non-hydrogen) atoms. The fourth-order valence-corrected chi connectivity index (χ4v) is 2.00. The predicted molar refractivity (Wildman–Crippen MR) is 75.8 cm³/mol. The average Bonchev–Trinajstić information content (AvgIpc) is 2.44. The lowest BCUT2D eigenvalue weighted by Gasteiger charge is -2.09. The first-order chi connectivity index (χ1) is 9.63. The molecule has 5 heteroatoms. The molecule has 0 saturated heterocycles. The minimum Gasteiger partial charge on any atom is -0.399 e. The van der Waals surface area contributed by atoms with E-state index in [0.29, 0.717) is 17.2 Å². The van der Waals surface area contributed by atoms with Gasteiger partial charge in [-0.3, -0.25) is 0 Å². The van der Waals surface area contributed by atoms with Crippen molar-refractivity contribution in [2.24, 2.45) is 0 Å². The zero-order valence-corrected chi connectivity index (χ0v) is 10.4. The Bertz CT molecular complexity index is 787. The summed E-state index contributed by atoms with van der Waals surface area (Å²) >= 11 is 0. The lowest BCUT2D eigenvalue weighted by molar-refractivity contribution is 0.509. The summed E-state index contributed by atoms with van der Waals surface area (Å²) in [5.41, 5.74) is 6.80. The fourth-order valence-electron chi connectivity index (χ4n) is 2.00. The maximum absolute atomic E-state index is 13.2. The average molecular weight is 271 g/mol. The summed E-state index contributed by atoms with van der Waals surface area (Å²) in [6.45, 7) is 0. The van der Waals surface area contributed by atoms with Crippen molar-refractivity contribution in [1.29, 1.82) is 0 Å². The van der Waals surface area contributed by atoms with Gasteiger partial charge in [0.05, 0.1) is 0 Å². The van der Waals surface area contributed by atoms with Gasteiger partial charge in [-0.15, -0.1) is 0 Å². The van der Waals surface area contributed by atoms with Crippen LogP contribution in [-0.4, -0.2) is 4.98 Å². The molecule has 3 rings (SSSR count). The van der Waals surface area contributed by atoms with Gasteiger partial charge in [0.15, 0.2) is 11.6 Å². The van der Waals surface area contributed by atoms with Crippen LogP contribution >= 0.6 is 0 Å². The van der Waals surface area contributed by atoms with Crippen LogP contribution in [0.5, 0.6) is 0 Å². The molecule has 2 aromatic carbocycles. The maximum atomic E-state index is 13.2. The molecule has 3 aromatic rings. The molecule has 0 spiro atoms. The lowest BCUT2D eigenvalue weighted by atomic mass is 10.1. The summed E-state index contributed by atoms with van der Waals surface area (Å²) in [5.74, 6) is -1.25. The van der Waals surface area contributed by atoms with Gasteiger partial charge in [-0.2, -0.15) is 0 Å². The van der Waals surface area contributed by atoms with Crippen LogP contribution in [0, 0.1) is 11.6 Å². The van der Waals surface area contributed by atoms with Gasteiger partial charge in [0.25, 0.3) is 0 Å². The Labute approximate surface area is 114 Å². The predicted octanol–water partition coefficient (Wildman–Crippen LogP) is 3.84. The van der Waals surface area contributed by atoms with Crippen molar-refractivity contribution in [3.8, 4) is 0 Å². The number of nitrogens with zero attached hydrogens (tertiary/aromatic N) is 1. The molecule has 0 aliphatic rings. The number of nitrogen functional groups attached to an aromatic ring is 1. The minimum atomic E-state index is -0.908. The monoisotopic (exact) mass is 271 g/mol. The largest absolute Gasteiger partial charge is 0.399 e. The number of benzene rings is 2. The number of nitrogens with two attached hydrogens (primary N) is 1. The van der Waals surface area contributed by atoms with Crippen molar-refractivity contribution in [3.63, 3.8) is 0 Å². The highest BCUT2D eigenvalue weighted by atomic mass is 19.2. The molecule has 0 aliphatic heterocycles. The summed E-state index contributed by atoms with van der Waals surface area (Å²) in [6.07, 6.45) is 1.64. The summed E-state index contributed by atoms with van der Waals surface area (Å²) in [6, 6.07) is 10.9. The summed E-state index contributed by atoms with van der Waals surface area (Å²) in [7, 11) is 0. The summed E-state index contributed by atoms with van der Waals surface area (Å²) in [5, 5.41) is 4.74. The molecule has 0 fully saturated rings. The quantitative estimate of drug-likeness (QED) is 0.696. The Balaban J connectivity index is 2.05. The first kappa shape index (κ1) is 12.3. The Kier molecular flexibility index (Phi) is 2.95. The van der Waals surface area contributed by atoms with E-state index in [1.54, 1.807) is 18.3 Å². The number of anilines is 3. The van der Waals surface area contributed by atoms with Crippen molar-refractivity contribution in [3.05, 3.63) is 60.3 Å². The normalized spacial score (nSPS) is 10.7. The fraction of sp³-hybridized carbons (Fsp3) is 0. The third kappa shape index (κ3) is 2.25. The molecule has 1 heterocycles. The summed E-state index contributed by atoms with van der Waals surface area (Å²) in [4.78, 5) is 4.21. The smallest absolute Gasteiger partial charge is 0.160 e. The third-order valence-corrected chi connectivity index (χ3v) is 2.97. The molecule has 0 unspecified atom stereocenters. The molecule has 1 aromatic heterocycles. The van der Waals surface area contributed by atoms with Gasteiger partial charge < -0.3 is 11.1 Å². The molecule has 0 amide bonds. The van der Waals surface area contributed by atoms with E-state index in [1.165, 1.54) is 6.07 Å². The molecule has 3 nitrogen and oxygen atoms in total. The highest BCUT2D eigenvalue weighted by Crippen LogP contribution is 2.26. The highest BCUT2D eigenvalue weighted by molar-refractivity contribution is 5.95. The molecule has 3 N–H and O–H groups in total. The SMILES string of the molecule is Nc1ccc2ccnc(Nc3ccc(F)c(F)c3)c2c1. The number of hydrogen-bond donors (Lipinski definition) is 2.